The summed E-state index contributed by atoms with van der Waals surface area (Å²) in [6.45, 7) is 2.82. The van der Waals surface area contributed by atoms with E-state index in [-0.39, 0.29) is 5.91 Å². The van der Waals surface area contributed by atoms with Crippen LogP contribution in [0.2, 0.25) is 0 Å². The zero-order valence-corrected chi connectivity index (χ0v) is 9.16. The lowest BCUT2D eigenvalue weighted by molar-refractivity contribution is -0.117. The highest BCUT2D eigenvalue weighted by Gasteiger charge is 2.27. The molecule has 0 aliphatic carbocycles. The first-order valence-corrected chi connectivity index (χ1v) is 5.28. The molecule has 3 nitrogen and oxygen atoms in total. The molecule has 1 heterocycles. The van der Waals surface area contributed by atoms with Gasteiger partial charge in [0.05, 0.1) is 6.42 Å². The summed E-state index contributed by atoms with van der Waals surface area (Å²) < 4.78 is 0. The summed E-state index contributed by atoms with van der Waals surface area (Å²) in [5.41, 5.74) is 2.22. The maximum atomic E-state index is 11.8. The Morgan fingerprint density at radius 3 is 2.93 bits per heavy atom. The Labute approximate surface area is 90.1 Å². The highest BCUT2D eigenvalue weighted by Crippen LogP contribution is 2.28. The summed E-state index contributed by atoms with van der Waals surface area (Å²) in [6.07, 6.45) is 0.548. The molecule has 0 spiro atoms. The molecule has 0 radical (unpaired) electrons. The van der Waals surface area contributed by atoms with Gasteiger partial charge >= 0.3 is 0 Å². The van der Waals surface area contributed by atoms with Gasteiger partial charge in [-0.2, -0.15) is 0 Å². The van der Waals surface area contributed by atoms with Crippen LogP contribution in [-0.4, -0.2) is 25.5 Å². The van der Waals surface area contributed by atoms with E-state index in [2.05, 4.69) is 12.2 Å². The Balaban J connectivity index is 2.22. The lowest BCUT2D eigenvalue weighted by atomic mass is 10.2. The largest absolute Gasteiger partial charge is 0.315 e. The van der Waals surface area contributed by atoms with Crippen molar-refractivity contribution in [1.82, 2.24) is 5.32 Å². The predicted molar refractivity (Wildman–Crippen MR) is 61.0 cm³/mol. The average molecular weight is 204 g/mol. The molecule has 0 saturated carbocycles. The van der Waals surface area contributed by atoms with Crippen LogP contribution in [0.15, 0.2) is 24.3 Å². The Hall–Kier alpha value is -1.35. The average Bonchev–Trinajstić information content (AvgIpc) is 2.55. The third-order valence-corrected chi connectivity index (χ3v) is 2.87. The van der Waals surface area contributed by atoms with Gasteiger partial charge in [0.2, 0.25) is 5.91 Å². The van der Waals surface area contributed by atoms with Crippen molar-refractivity contribution in [2.75, 3.05) is 18.5 Å². The lowest BCUT2D eigenvalue weighted by Crippen LogP contribution is -2.39. The normalized spacial score (nSPS) is 16.7. The number of nitrogens with one attached hydrogen (secondary N) is 1. The van der Waals surface area contributed by atoms with Gasteiger partial charge in [0.1, 0.15) is 0 Å². The molecule has 0 aromatic heterocycles. The molecule has 1 atom stereocenters. The van der Waals surface area contributed by atoms with Gasteiger partial charge in [0.15, 0.2) is 0 Å². The molecule has 3 heteroatoms. The number of carbonyl (C=O) groups is 1. The van der Waals surface area contributed by atoms with E-state index in [9.17, 15) is 4.79 Å². The van der Waals surface area contributed by atoms with Crippen molar-refractivity contribution in [3.63, 3.8) is 0 Å². The number of nitrogens with zero attached hydrogens (tertiary/aromatic N) is 1. The van der Waals surface area contributed by atoms with Crippen LogP contribution < -0.4 is 10.2 Å². The molecule has 80 valence electrons. The monoisotopic (exact) mass is 204 g/mol. The minimum atomic E-state index is 0.207. The second-order valence-electron chi connectivity index (χ2n) is 4.00. The van der Waals surface area contributed by atoms with Crippen LogP contribution in [-0.2, 0) is 11.2 Å². The van der Waals surface area contributed by atoms with Crippen LogP contribution in [0.4, 0.5) is 5.69 Å². The standard InChI is InChI=1S/C12H16N2O/c1-9(13-2)8-14-11-6-4-3-5-10(11)7-12(14)15/h3-6,9,13H,7-8H2,1-2H3. The SMILES string of the molecule is CNC(C)CN1C(=O)Cc2ccccc21. The van der Waals surface area contributed by atoms with Gasteiger partial charge in [-0.05, 0) is 25.6 Å². The number of hydrogen-bond donors (Lipinski definition) is 1. The molecule has 15 heavy (non-hydrogen) atoms. The number of carbonyl (C=O) groups excluding carboxylic acids is 1. The van der Waals surface area contributed by atoms with Crippen LogP contribution in [0.25, 0.3) is 0 Å². The van der Waals surface area contributed by atoms with Crippen molar-refractivity contribution >= 4 is 11.6 Å². The molecule has 1 aliphatic rings. The van der Waals surface area contributed by atoms with Crippen LogP contribution in [0.5, 0.6) is 0 Å². The van der Waals surface area contributed by atoms with Crippen LogP contribution >= 0.6 is 0 Å². The van der Waals surface area contributed by atoms with Crippen LogP contribution in [0.3, 0.4) is 0 Å². The molecule has 1 aliphatic heterocycles. The first kappa shape index (κ1) is 10.2. The molecule has 2 rings (SSSR count). The number of anilines is 1. The highest BCUT2D eigenvalue weighted by atomic mass is 16.2. The number of fused-ring (bicyclic) bond motifs is 1. The summed E-state index contributed by atoms with van der Waals surface area (Å²) in [6, 6.07) is 8.32. The lowest BCUT2D eigenvalue weighted by Gasteiger charge is -2.21. The zero-order chi connectivity index (χ0) is 10.8. The molecule has 0 fully saturated rings. The first-order valence-electron chi connectivity index (χ1n) is 5.28. The van der Waals surface area contributed by atoms with E-state index >= 15 is 0 Å². The molecule has 0 bridgehead atoms. The molecule has 1 N–H and O–H groups in total. The number of likely N-dealkylation sites (N-methyl/N-ethyl adjacent to an activating group) is 1. The molecule has 1 unspecified atom stereocenters. The van der Waals surface area contributed by atoms with Crippen molar-refractivity contribution in [2.24, 2.45) is 0 Å². The Morgan fingerprint density at radius 2 is 2.20 bits per heavy atom. The number of hydrogen-bond acceptors (Lipinski definition) is 2. The van der Waals surface area contributed by atoms with E-state index in [4.69, 9.17) is 0 Å². The maximum absolute atomic E-state index is 11.8. The number of benzene rings is 1. The van der Waals surface area contributed by atoms with Crippen molar-refractivity contribution in [3.05, 3.63) is 29.8 Å². The van der Waals surface area contributed by atoms with E-state index in [1.807, 2.05) is 36.2 Å². The van der Waals surface area contributed by atoms with Gasteiger partial charge in [-0.15, -0.1) is 0 Å². The van der Waals surface area contributed by atoms with Gasteiger partial charge < -0.3 is 10.2 Å². The van der Waals surface area contributed by atoms with E-state index < -0.39 is 0 Å². The number of amides is 1. The van der Waals surface area contributed by atoms with Crippen molar-refractivity contribution in [3.8, 4) is 0 Å². The minimum Gasteiger partial charge on any atom is -0.315 e. The topological polar surface area (TPSA) is 32.3 Å². The van der Waals surface area contributed by atoms with Crippen LogP contribution in [0, 0.1) is 0 Å². The van der Waals surface area contributed by atoms with Gasteiger partial charge in [-0.1, -0.05) is 18.2 Å². The van der Waals surface area contributed by atoms with Gasteiger partial charge in [0.25, 0.3) is 0 Å². The molecule has 0 saturated heterocycles. The number of para-hydroxylation sites is 1. The molecule has 1 aromatic carbocycles. The second kappa shape index (κ2) is 4.03. The van der Waals surface area contributed by atoms with Gasteiger partial charge in [-0.25, -0.2) is 0 Å². The quantitative estimate of drug-likeness (QED) is 0.802. The van der Waals surface area contributed by atoms with Crippen LogP contribution in [0.1, 0.15) is 12.5 Å². The van der Waals surface area contributed by atoms with Crippen molar-refractivity contribution < 1.29 is 4.79 Å². The molecule has 1 aromatic rings. The fraction of sp³-hybridized carbons (Fsp3) is 0.417. The zero-order valence-electron chi connectivity index (χ0n) is 9.16. The highest BCUT2D eigenvalue weighted by molar-refractivity contribution is 6.01. The van der Waals surface area contributed by atoms with E-state index in [1.54, 1.807) is 0 Å². The first-order chi connectivity index (χ1) is 7.22. The Morgan fingerprint density at radius 1 is 1.47 bits per heavy atom. The fourth-order valence-electron chi connectivity index (χ4n) is 1.88. The van der Waals surface area contributed by atoms with E-state index in [0.29, 0.717) is 12.5 Å². The summed E-state index contributed by atoms with van der Waals surface area (Å²) in [5.74, 6) is 0.207. The maximum Gasteiger partial charge on any atom is 0.231 e. The summed E-state index contributed by atoms with van der Waals surface area (Å²) in [5, 5.41) is 3.15. The van der Waals surface area contributed by atoms with Crippen molar-refractivity contribution in [2.45, 2.75) is 19.4 Å². The second-order valence-corrected chi connectivity index (χ2v) is 4.00. The Bertz CT molecular complexity index is 376. The van der Waals surface area contributed by atoms with Crippen molar-refractivity contribution in [1.29, 1.82) is 0 Å². The summed E-state index contributed by atoms with van der Waals surface area (Å²) >= 11 is 0. The molecular formula is C12H16N2O. The van der Waals surface area contributed by atoms with E-state index in [1.165, 1.54) is 0 Å². The van der Waals surface area contributed by atoms with E-state index in [0.717, 1.165) is 17.8 Å². The third kappa shape index (κ3) is 1.88. The summed E-state index contributed by atoms with van der Waals surface area (Å²) in [4.78, 5) is 13.7. The predicted octanol–water partition coefficient (Wildman–Crippen LogP) is 1.18. The molecule has 1 amide bonds. The number of rotatable bonds is 3. The molecular weight excluding hydrogens is 188 g/mol. The van der Waals surface area contributed by atoms with Gasteiger partial charge in [-0.3, -0.25) is 4.79 Å². The fourth-order valence-corrected chi connectivity index (χ4v) is 1.88. The Kier molecular flexibility index (Phi) is 2.73. The minimum absolute atomic E-state index is 0.207. The smallest absolute Gasteiger partial charge is 0.231 e. The van der Waals surface area contributed by atoms with Gasteiger partial charge in [0, 0.05) is 18.3 Å². The third-order valence-electron chi connectivity index (χ3n) is 2.87. The summed E-state index contributed by atoms with van der Waals surface area (Å²) in [7, 11) is 1.91.